The van der Waals surface area contributed by atoms with Crippen LogP contribution in [0.5, 0.6) is 11.5 Å². The number of aliphatic hydroxyl groups excluding tert-OH is 1. The molecule has 0 spiro atoms. The molecule has 5 N–H and O–H groups in total. The van der Waals surface area contributed by atoms with Crippen LogP contribution < -0.4 is 5.32 Å². The summed E-state index contributed by atoms with van der Waals surface area (Å²) in [5, 5.41) is 41.1. The maximum Gasteiger partial charge on any atom is 0.352 e. The van der Waals surface area contributed by atoms with Gasteiger partial charge in [0.15, 0.2) is 11.5 Å². The topological polar surface area (TPSA) is 151 Å². The Hall–Kier alpha value is -3.11. The molecule has 168 valence electrons. The maximum atomic E-state index is 12.4. The van der Waals surface area contributed by atoms with E-state index in [-0.39, 0.29) is 47.2 Å². The number of hydrogen-bond acceptors (Lipinski definition) is 7. The lowest BCUT2D eigenvalue weighted by Gasteiger charge is -2.46. The normalized spacial score (nSPS) is 23.6. The van der Waals surface area contributed by atoms with Crippen molar-refractivity contribution in [1.82, 2.24) is 15.1 Å². The summed E-state index contributed by atoms with van der Waals surface area (Å²) in [5.41, 5.74) is 0.798. The summed E-state index contributed by atoms with van der Waals surface area (Å²) < 4.78 is 0. The van der Waals surface area contributed by atoms with Crippen molar-refractivity contribution in [1.29, 1.82) is 0 Å². The Kier molecular flexibility index (Phi) is 6.23. The Balaban J connectivity index is 1.61. The third-order valence-corrected chi connectivity index (χ3v) is 5.97. The lowest BCUT2D eigenvalue weighted by Crippen LogP contribution is -2.63. The third kappa shape index (κ3) is 4.08. The molecule has 1 saturated heterocycles. The number of amides is 2. The van der Waals surface area contributed by atoms with Crippen molar-refractivity contribution in [3.63, 3.8) is 0 Å². The number of carboxylic acids is 1. The van der Waals surface area contributed by atoms with Gasteiger partial charge in [0.2, 0.25) is 5.91 Å². The summed E-state index contributed by atoms with van der Waals surface area (Å²) in [6, 6.07) is 3.42. The van der Waals surface area contributed by atoms with Gasteiger partial charge in [0.05, 0.1) is 18.1 Å². The largest absolute Gasteiger partial charge is 0.504 e. The standard InChI is InChI=1S/C21H27N3O7/c1-10-13(18(21(30)31)24-17(10)16(11(2)25)20(24)29)9-23(3)7-6-22-19(28)12-4-5-14(26)15(27)8-12/h4-5,8,10-11,16-17,25-27H,6-7,9H2,1-3H3,(H,22,28)(H,30,31)/t10-,11+,16?,17?/m0/s1. The summed E-state index contributed by atoms with van der Waals surface area (Å²) in [6.45, 7) is 4.37. The number of carboxylic acid groups (broad SMARTS) is 1. The molecular formula is C21H27N3O7. The van der Waals surface area contributed by atoms with Crippen LogP contribution in [0.1, 0.15) is 24.2 Å². The summed E-state index contributed by atoms with van der Waals surface area (Å²) in [6.07, 6.45) is -0.849. The van der Waals surface area contributed by atoms with Crippen LogP contribution in [0.4, 0.5) is 0 Å². The van der Waals surface area contributed by atoms with E-state index in [0.717, 1.165) is 0 Å². The molecule has 31 heavy (non-hydrogen) atoms. The zero-order valence-electron chi connectivity index (χ0n) is 17.6. The SMILES string of the molecule is C[C@@H](O)C1C(=O)N2C(C(=O)O)=C(CN(C)CCNC(=O)c3ccc(O)c(O)c3)[C@H](C)C12. The molecule has 2 aliphatic rings. The van der Waals surface area contributed by atoms with Crippen LogP contribution in [0, 0.1) is 11.8 Å². The van der Waals surface area contributed by atoms with Gasteiger partial charge >= 0.3 is 5.97 Å². The smallest absolute Gasteiger partial charge is 0.352 e. The quantitative estimate of drug-likeness (QED) is 0.283. The molecule has 2 heterocycles. The van der Waals surface area contributed by atoms with E-state index in [1.165, 1.54) is 30.0 Å². The van der Waals surface area contributed by atoms with Crippen molar-refractivity contribution >= 4 is 17.8 Å². The molecular weight excluding hydrogens is 406 g/mol. The van der Waals surface area contributed by atoms with Crippen LogP contribution in [-0.2, 0) is 9.59 Å². The summed E-state index contributed by atoms with van der Waals surface area (Å²) in [7, 11) is 1.78. The van der Waals surface area contributed by atoms with Crippen LogP contribution in [0.25, 0.3) is 0 Å². The number of hydrogen-bond donors (Lipinski definition) is 5. The van der Waals surface area contributed by atoms with Crippen LogP contribution in [0.15, 0.2) is 29.5 Å². The molecule has 0 aliphatic carbocycles. The average molecular weight is 433 g/mol. The first-order valence-corrected chi connectivity index (χ1v) is 10.0. The van der Waals surface area contributed by atoms with E-state index in [2.05, 4.69) is 5.32 Å². The number of phenolic OH excluding ortho intramolecular Hbond substituents is 2. The van der Waals surface area contributed by atoms with Gasteiger partial charge in [0, 0.05) is 31.1 Å². The predicted octanol–water partition coefficient (Wildman–Crippen LogP) is -0.0444. The fourth-order valence-electron chi connectivity index (χ4n) is 4.35. The molecule has 2 amide bonds. The van der Waals surface area contributed by atoms with Gasteiger partial charge in [-0.2, -0.15) is 0 Å². The van der Waals surface area contributed by atoms with Crippen LogP contribution >= 0.6 is 0 Å². The number of carbonyl (C=O) groups is 3. The second-order valence-corrected chi connectivity index (χ2v) is 8.13. The molecule has 1 fully saturated rings. The van der Waals surface area contributed by atoms with Crippen LogP contribution in [0.3, 0.4) is 0 Å². The van der Waals surface area contributed by atoms with Crippen molar-refractivity contribution in [3.8, 4) is 11.5 Å². The zero-order chi connectivity index (χ0) is 23.0. The molecule has 0 bridgehead atoms. The van der Waals surface area contributed by atoms with E-state index >= 15 is 0 Å². The Bertz CT molecular complexity index is 943. The molecule has 1 aromatic carbocycles. The molecule has 2 aliphatic heterocycles. The number of likely N-dealkylation sites (N-methyl/N-ethyl adjacent to an activating group) is 1. The number of fused-ring (bicyclic) bond motifs is 1. The van der Waals surface area contributed by atoms with Gasteiger partial charge in [0.1, 0.15) is 5.70 Å². The molecule has 0 radical (unpaired) electrons. The molecule has 3 rings (SSSR count). The molecule has 10 heteroatoms. The second-order valence-electron chi connectivity index (χ2n) is 8.13. The predicted molar refractivity (Wildman–Crippen MR) is 109 cm³/mol. The molecule has 4 atom stereocenters. The molecule has 10 nitrogen and oxygen atoms in total. The van der Waals surface area contributed by atoms with E-state index in [1.54, 1.807) is 7.05 Å². The summed E-state index contributed by atoms with van der Waals surface area (Å²) in [4.78, 5) is 39.5. The number of aliphatic carboxylic acids is 1. The molecule has 0 aromatic heterocycles. The highest BCUT2D eigenvalue weighted by Crippen LogP contribution is 2.47. The number of β-lactam (4-membered cyclic amide) rings is 1. The Morgan fingerprint density at radius 2 is 1.94 bits per heavy atom. The molecule has 1 aromatic rings. The molecule has 0 saturated carbocycles. The van der Waals surface area contributed by atoms with E-state index in [1.807, 2.05) is 11.8 Å². The number of benzene rings is 1. The number of nitrogens with one attached hydrogen (secondary N) is 1. The average Bonchev–Trinajstić information content (AvgIpc) is 2.92. The third-order valence-electron chi connectivity index (χ3n) is 5.97. The van der Waals surface area contributed by atoms with E-state index in [0.29, 0.717) is 18.7 Å². The monoisotopic (exact) mass is 433 g/mol. The van der Waals surface area contributed by atoms with Crippen molar-refractivity contribution in [2.24, 2.45) is 11.8 Å². The van der Waals surface area contributed by atoms with Crippen molar-refractivity contribution in [3.05, 3.63) is 35.0 Å². The number of carbonyl (C=O) groups excluding carboxylic acids is 2. The van der Waals surface area contributed by atoms with Gasteiger partial charge in [-0.25, -0.2) is 4.79 Å². The minimum absolute atomic E-state index is 0.0187. The van der Waals surface area contributed by atoms with Gasteiger partial charge in [-0.1, -0.05) is 6.92 Å². The first-order chi connectivity index (χ1) is 14.5. The Labute approximate surface area is 179 Å². The molecule has 2 unspecified atom stereocenters. The number of aliphatic hydroxyl groups is 1. The maximum absolute atomic E-state index is 12.4. The van der Waals surface area contributed by atoms with Gasteiger partial charge in [-0.05, 0) is 37.7 Å². The fourth-order valence-corrected chi connectivity index (χ4v) is 4.35. The van der Waals surface area contributed by atoms with Gasteiger partial charge in [-0.3, -0.25) is 9.59 Å². The lowest BCUT2D eigenvalue weighted by molar-refractivity contribution is -0.163. The Morgan fingerprint density at radius 1 is 1.26 bits per heavy atom. The van der Waals surface area contributed by atoms with Gasteiger partial charge in [-0.15, -0.1) is 0 Å². The van der Waals surface area contributed by atoms with Gasteiger partial charge in [0.25, 0.3) is 5.91 Å². The zero-order valence-corrected chi connectivity index (χ0v) is 17.6. The minimum atomic E-state index is -1.17. The fraction of sp³-hybridized carbons (Fsp3) is 0.476. The van der Waals surface area contributed by atoms with Crippen molar-refractivity contribution in [2.75, 3.05) is 26.7 Å². The van der Waals surface area contributed by atoms with Crippen molar-refractivity contribution in [2.45, 2.75) is 26.0 Å². The minimum Gasteiger partial charge on any atom is -0.504 e. The Morgan fingerprint density at radius 3 is 2.52 bits per heavy atom. The first-order valence-electron chi connectivity index (χ1n) is 10.0. The highest BCUT2D eigenvalue weighted by molar-refractivity contribution is 6.00. The number of phenols is 2. The number of nitrogens with zero attached hydrogens (tertiary/aromatic N) is 2. The number of aromatic hydroxyl groups is 2. The highest BCUT2D eigenvalue weighted by atomic mass is 16.4. The van der Waals surface area contributed by atoms with Crippen LogP contribution in [-0.4, -0.2) is 86.8 Å². The van der Waals surface area contributed by atoms with Gasteiger partial charge < -0.3 is 35.5 Å². The lowest BCUT2D eigenvalue weighted by atomic mass is 9.77. The first kappa shape index (κ1) is 22.6. The van der Waals surface area contributed by atoms with Crippen molar-refractivity contribution < 1.29 is 34.8 Å². The van der Waals surface area contributed by atoms with E-state index in [4.69, 9.17) is 0 Å². The second kappa shape index (κ2) is 8.56. The summed E-state index contributed by atoms with van der Waals surface area (Å²) >= 11 is 0. The highest BCUT2D eigenvalue weighted by Gasteiger charge is 2.59. The van der Waals surface area contributed by atoms with E-state index < -0.39 is 23.9 Å². The summed E-state index contributed by atoms with van der Waals surface area (Å²) in [5.74, 6) is -3.47. The van der Waals surface area contributed by atoms with E-state index in [9.17, 15) is 34.8 Å². The van der Waals surface area contributed by atoms with Crippen LogP contribution in [0.2, 0.25) is 0 Å². The number of rotatable bonds is 8.